The van der Waals surface area contributed by atoms with Crippen LogP contribution in [0.5, 0.6) is 0 Å². The van der Waals surface area contributed by atoms with Crippen LogP contribution in [0.2, 0.25) is 0 Å². The van der Waals surface area contributed by atoms with E-state index in [2.05, 4.69) is 33.9 Å². The van der Waals surface area contributed by atoms with Crippen LogP contribution in [0.25, 0.3) is 0 Å². The lowest BCUT2D eigenvalue weighted by atomic mass is 10.2. The smallest absolute Gasteiger partial charge is 0.149 e. The molecule has 0 aliphatic carbocycles. The molecule has 2 rings (SSSR count). The Morgan fingerprint density at radius 1 is 1.54 bits per heavy atom. The summed E-state index contributed by atoms with van der Waals surface area (Å²) in [7, 11) is 0. The Morgan fingerprint density at radius 3 is 3.15 bits per heavy atom. The van der Waals surface area contributed by atoms with Gasteiger partial charge in [-0.2, -0.15) is 0 Å². The second kappa shape index (κ2) is 3.46. The highest BCUT2D eigenvalue weighted by atomic mass is 15.3. The number of aromatic nitrogens is 3. The Balaban J connectivity index is 2.30. The first-order valence-electron chi connectivity index (χ1n) is 4.98. The van der Waals surface area contributed by atoms with Crippen LogP contribution >= 0.6 is 0 Å². The highest BCUT2D eigenvalue weighted by Crippen LogP contribution is 2.15. The molecule has 2 heterocycles. The molecule has 13 heavy (non-hydrogen) atoms. The summed E-state index contributed by atoms with van der Waals surface area (Å²) in [6, 6.07) is 0.354. The molecule has 0 saturated heterocycles. The molecule has 72 valence electrons. The first-order valence-corrected chi connectivity index (χ1v) is 4.98. The minimum atomic E-state index is 0.354. The number of nitrogens with zero attached hydrogens (tertiary/aromatic N) is 3. The van der Waals surface area contributed by atoms with E-state index < -0.39 is 0 Å². The lowest BCUT2D eigenvalue weighted by Gasteiger charge is -2.21. The van der Waals surface area contributed by atoms with Gasteiger partial charge in [0.25, 0.3) is 0 Å². The number of nitrogens with one attached hydrogen (secondary N) is 1. The van der Waals surface area contributed by atoms with Crippen LogP contribution in [0.4, 0.5) is 0 Å². The van der Waals surface area contributed by atoms with Gasteiger partial charge in [0.15, 0.2) is 0 Å². The summed E-state index contributed by atoms with van der Waals surface area (Å²) < 4.78 is 2.25. The molecule has 4 nitrogen and oxygen atoms in total. The molecule has 1 aliphatic rings. The van der Waals surface area contributed by atoms with E-state index in [1.54, 1.807) is 0 Å². The zero-order valence-corrected chi connectivity index (χ0v) is 8.25. The number of hydrogen-bond donors (Lipinski definition) is 1. The summed E-state index contributed by atoms with van der Waals surface area (Å²) >= 11 is 0. The average Bonchev–Trinajstić information content (AvgIpc) is 2.51. The van der Waals surface area contributed by atoms with E-state index in [0.717, 1.165) is 37.6 Å². The van der Waals surface area contributed by atoms with Gasteiger partial charge in [0.2, 0.25) is 0 Å². The molecule has 0 aromatic carbocycles. The number of hydrogen-bond acceptors (Lipinski definition) is 3. The van der Waals surface area contributed by atoms with Gasteiger partial charge in [0.05, 0.1) is 6.04 Å². The Labute approximate surface area is 78.4 Å². The molecule has 4 heteroatoms. The van der Waals surface area contributed by atoms with Gasteiger partial charge in [-0.3, -0.25) is 0 Å². The van der Waals surface area contributed by atoms with Crippen molar-refractivity contribution in [1.29, 1.82) is 0 Å². The van der Waals surface area contributed by atoms with E-state index in [0.29, 0.717) is 6.04 Å². The SMILES string of the molecule is CCCc1nnc2n1CCNC2C. The zero-order chi connectivity index (χ0) is 9.26. The Kier molecular flexibility index (Phi) is 2.31. The maximum Gasteiger partial charge on any atom is 0.149 e. The van der Waals surface area contributed by atoms with Crippen molar-refractivity contribution in [3.8, 4) is 0 Å². The van der Waals surface area contributed by atoms with Crippen molar-refractivity contribution in [1.82, 2.24) is 20.1 Å². The number of fused-ring (bicyclic) bond motifs is 1. The maximum atomic E-state index is 4.21. The van der Waals surface area contributed by atoms with Crippen LogP contribution in [0.1, 0.15) is 38.0 Å². The van der Waals surface area contributed by atoms with Gasteiger partial charge in [-0.1, -0.05) is 6.92 Å². The summed E-state index contributed by atoms with van der Waals surface area (Å²) in [4.78, 5) is 0. The third-order valence-electron chi connectivity index (χ3n) is 2.50. The summed E-state index contributed by atoms with van der Waals surface area (Å²) in [6.45, 7) is 6.35. The fraction of sp³-hybridized carbons (Fsp3) is 0.778. The molecule has 0 bridgehead atoms. The van der Waals surface area contributed by atoms with Gasteiger partial charge >= 0.3 is 0 Å². The van der Waals surface area contributed by atoms with E-state index in [-0.39, 0.29) is 0 Å². The molecule has 1 N–H and O–H groups in total. The van der Waals surface area contributed by atoms with Crippen molar-refractivity contribution in [2.75, 3.05) is 6.54 Å². The molecule has 1 aliphatic heterocycles. The normalized spacial score (nSPS) is 21.5. The second-order valence-electron chi connectivity index (χ2n) is 3.55. The molecule has 1 unspecified atom stereocenters. The number of rotatable bonds is 2. The van der Waals surface area contributed by atoms with Gasteiger partial charge in [-0.25, -0.2) is 0 Å². The van der Waals surface area contributed by atoms with Crippen molar-refractivity contribution in [2.45, 2.75) is 39.3 Å². The molecule has 1 aromatic heterocycles. The maximum absolute atomic E-state index is 4.21. The van der Waals surface area contributed by atoms with Crippen molar-refractivity contribution >= 4 is 0 Å². The molecule has 1 aromatic rings. The monoisotopic (exact) mass is 180 g/mol. The lowest BCUT2D eigenvalue weighted by Crippen LogP contribution is -2.32. The lowest BCUT2D eigenvalue weighted by molar-refractivity contribution is 0.429. The van der Waals surface area contributed by atoms with E-state index in [1.807, 2.05) is 0 Å². The summed E-state index contributed by atoms with van der Waals surface area (Å²) in [6.07, 6.45) is 2.18. The van der Waals surface area contributed by atoms with Gasteiger partial charge < -0.3 is 9.88 Å². The van der Waals surface area contributed by atoms with Crippen LogP contribution < -0.4 is 5.32 Å². The van der Waals surface area contributed by atoms with Crippen LogP contribution in [0, 0.1) is 0 Å². The van der Waals surface area contributed by atoms with E-state index in [1.165, 1.54) is 0 Å². The van der Waals surface area contributed by atoms with E-state index >= 15 is 0 Å². The number of aryl methyl sites for hydroxylation is 1. The van der Waals surface area contributed by atoms with Crippen LogP contribution in [-0.4, -0.2) is 21.3 Å². The first kappa shape index (κ1) is 8.69. The molecular formula is C9H16N4. The predicted octanol–water partition coefficient (Wildman–Crippen LogP) is 0.895. The van der Waals surface area contributed by atoms with Crippen molar-refractivity contribution in [3.05, 3.63) is 11.6 Å². The molecule has 0 fully saturated rings. The van der Waals surface area contributed by atoms with Gasteiger partial charge in [0, 0.05) is 19.5 Å². The second-order valence-corrected chi connectivity index (χ2v) is 3.55. The minimum absolute atomic E-state index is 0.354. The fourth-order valence-electron chi connectivity index (χ4n) is 1.81. The molecule has 0 saturated carbocycles. The predicted molar refractivity (Wildman–Crippen MR) is 50.4 cm³/mol. The quantitative estimate of drug-likeness (QED) is 0.735. The summed E-state index contributed by atoms with van der Waals surface area (Å²) in [5, 5.41) is 11.8. The molecule has 0 radical (unpaired) electrons. The Hall–Kier alpha value is -0.900. The molecule has 0 amide bonds. The molecule has 1 atom stereocenters. The average molecular weight is 180 g/mol. The highest BCUT2D eigenvalue weighted by molar-refractivity contribution is 5.03. The van der Waals surface area contributed by atoms with Crippen LogP contribution in [0.15, 0.2) is 0 Å². The molecule has 0 spiro atoms. The Morgan fingerprint density at radius 2 is 2.38 bits per heavy atom. The van der Waals surface area contributed by atoms with Gasteiger partial charge in [0.1, 0.15) is 11.6 Å². The van der Waals surface area contributed by atoms with Gasteiger partial charge in [-0.15, -0.1) is 10.2 Å². The zero-order valence-electron chi connectivity index (χ0n) is 8.25. The first-order chi connectivity index (χ1) is 6.33. The highest BCUT2D eigenvalue weighted by Gasteiger charge is 2.20. The third-order valence-corrected chi connectivity index (χ3v) is 2.50. The van der Waals surface area contributed by atoms with Crippen molar-refractivity contribution in [3.63, 3.8) is 0 Å². The Bertz CT molecular complexity index is 292. The summed E-state index contributed by atoms with van der Waals surface area (Å²) in [5.74, 6) is 2.24. The third kappa shape index (κ3) is 1.46. The molecular weight excluding hydrogens is 164 g/mol. The van der Waals surface area contributed by atoms with Crippen molar-refractivity contribution in [2.24, 2.45) is 0 Å². The van der Waals surface area contributed by atoms with E-state index in [9.17, 15) is 0 Å². The van der Waals surface area contributed by atoms with Crippen LogP contribution in [0.3, 0.4) is 0 Å². The topological polar surface area (TPSA) is 42.7 Å². The fourth-order valence-corrected chi connectivity index (χ4v) is 1.81. The summed E-state index contributed by atoms with van der Waals surface area (Å²) in [5.41, 5.74) is 0. The largest absolute Gasteiger partial charge is 0.312 e. The van der Waals surface area contributed by atoms with E-state index in [4.69, 9.17) is 0 Å². The standard InChI is InChI=1S/C9H16N4/c1-3-4-8-11-12-9-7(2)10-5-6-13(8)9/h7,10H,3-6H2,1-2H3. The van der Waals surface area contributed by atoms with Gasteiger partial charge in [-0.05, 0) is 13.3 Å². The van der Waals surface area contributed by atoms with Crippen LogP contribution in [-0.2, 0) is 13.0 Å². The van der Waals surface area contributed by atoms with Crippen molar-refractivity contribution < 1.29 is 0 Å². The minimum Gasteiger partial charge on any atom is -0.312 e.